The van der Waals surface area contributed by atoms with Gasteiger partial charge in [-0.2, -0.15) is 0 Å². The van der Waals surface area contributed by atoms with Crippen molar-refractivity contribution in [1.82, 2.24) is 0 Å². The van der Waals surface area contributed by atoms with Crippen LogP contribution in [0.4, 0.5) is 17.1 Å². The summed E-state index contributed by atoms with van der Waals surface area (Å²) < 4.78 is 6.26. The van der Waals surface area contributed by atoms with Crippen molar-refractivity contribution in [2.24, 2.45) is 0 Å². The Balaban J connectivity index is 1.11. The van der Waals surface area contributed by atoms with Crippen molar-refractivity contribution in [2.45, 2.75) is 58.8 Å². The lowest BCUT2D eigenvalue weighted by atomic mass is 9.81. The summed E-state index contributed by atoms with van der Waals surface area (Å²) in [7, 11) is 0. The van der Waals surface area contributed by atoms with Gasteiger partial charge in [-0.1, -0.05) is 126 Å². The predicted molar refractivity (Wildman–Crippen MR) is 223 cm³/mol. The molecule has 0 fully saturated rings. The van der Waals surface area contributed by atoms with Gasteiger partial charge >= 0.3 is 0 Å². The lowest BCUT2D eigenvalue weighted by molar-refractivity contribution is 0.659. The van der Waals surface area contributed by atoms with Gasteiger partial charge in [-0.15, -0.1) is 0 Å². The molecule has 8 aromatic rings. The number of hydrogen-bond acceptors (Lipinski definition) is 2. The summed E-state index contributed by atoms with van der Waals surface area (Å²) in [5, 5.41) is 2.32. The number of nitrogens with zero attached hydrogens (tertiary/aromatic N) is 1. The lowest BCUT2D eigenvalue weighted by Gasteiger charge is -2.30. The molecule has 0 amide bonds. The van der Waals surface area contributed by atoms with Gasteiger partial charge in [-0.25, -0.2) is 0 Å². The van der Waals surface area contributed by atoms with Gasteiger partial charge in [0.05, 0.1) is 0 Å². The molecule has 2 nitrogen and oxygen atoms in total. The number of furan rings is 1. The van der Waals surface area contributed by atoms with Gasteiger partial charge in [-0.3, -0.25) is 0 Å². The van der Waals surface area contributed by atoms with Crippen molar-refractivity contribution in [1.29, 1.82) is 0 Å². The summed E-state index contributed by atoms with van der Waals surface area (Å²) in [4.78, 5) is 2.45. The Morgan fingerprint density at radius 2 is 1.08 bits per heavy atom. The van der Waals surface area contributed by atoms with Crippen molar-refractivity contribution in [3.63, 3.8) is 0 Å². The van der Waals surface area contributed by atoms with E-state index in [1.165, 1.54) is 78.0 Å². The highest BCUT2D eigenvalue weighted by molar-refractivity contribution is 6.07. The van der Waals surface area contributed by atoms with E-state index in [2.05, 4.69) is 186 Å². The summed E-state index contributed by atoms with van der Waals surface area (Å²) in [6.45, 7) is 13.9. The molecule has 1 aromatic heterocycles. The predicted octanol–water partition coefficient (Wildman–Crippen LogP) is 14.2. The highest BCUT2D eigenvalue weighted by Crippen LogP contribution is 2.53. The van der Waals surface area contributed by atoms with Crippen LogP contribution in [0, 0.1) is 6.92 Å². The van der Waals surface area contributed by atoms with Gasteiger partial charge in [0.15, 0.2) is 0 Å². The van der Waals surface area contributed by atoms with E-state index >= 15 is 0 Å². The second-order valence-corrected chi connectivity index (χ2v) is 16.1. The van der Waals surface area contributed by atoms with E-state index in [0.29, 0.717) is 0 Å². The standard InChI is InChI=1S/C51H43NO/c1-7-32-15-23-39-41-25-22-37(30-47(41)51(5,6)45(39)27-32)52(36-21-24-40-38-12-8-9-14-44(38)50(3,4)46(40)29-36)35-19-16-33(17-20-35)34-18-26-48-43(28-34)42-13-10-11-31(2)49(42)53-48/h8-30H,7H2,1-6H3. The van der Waals surface area contributed by atoms with Crippen LogP contribution in [0.5, 0.6) is 0 Å². The van der Waals surface area contributed by atoms with E-state index < -0.39 is 0 Å². The molecule has 0 spiro atoms. The summed E-state index contributed by atoms with van der Waals surface area (Å²) in [6.07, 6.45) is 1.04. The van der Waals surface area contributed by atoms with Gasteiger partial charge in [0.25, 0.3) is 0 Å². The topological polar surface area (TPSA) is 16.4 Å². The first kappa shape index (κ1) is 31.8. The Labute approximate surface area is 312 Å². The molecule has 0 atom stereocenters. The second kappa shape index (κ2) is 11.3. The van der Waals surface area contributed by atoms with E-state index in [9.17, 15) is 0 Å². The third kappa shape index (κ3) is 4.64. The largest absolute Gasteiger partial charge is 0.456 e. The van der Waals surface area contributed by atoms with Crippen molar-refractivity contribution in [3.8, 4) is 33.4 Å². The minimum atomic E-state index is -0.0998. The SMILES string of the molecule is CCc1ccc2c(c1)C(C)(C)c1cc(N(c3ccc(-c4ccc5oc6c(C)cccc6c5c4)cc3)c3ccc4c(c3)C(C)(C)c3ccccc3-4)ccc1-2. The summed E-state index contributed by atoms with van der Waals surface area (Å²) in [6, 6.07) is 52.2. The van der Waals surface area contributed by atoms with Crippen LogP contribution in [0.2, 0.25) is 0 Å². The molecule has 10 rings (SSSR count). The maximum atomic E-state index is 6.26. The number of hydrogen-bond donors (Lipinski definition) is 0. The number of aryl methyl sites for hydroxylation is 2. The Hall–Kier alpha value is -5.86. The zero-order valence-corrected chi connectivity index (χ0v) is 31.3. The van der Waals surface area contributed by atoms with Crippen LogP contribution >= 0.6 is 0 Å². The van der Waals surface area contributed by atoms with Crippen LogP contribution in [0.3, 0.4) is 0 Å². The van der Waals surface area contributed by atoms with Crippen LogP contribution in [-0.4, -0.2) is 0 Å². The molecule has 0 N–H and O–H groups in total. The molecule has 0 saturated carbocycles. The minimum Gasteiger partial charge on any atom is -0.456 e. The lowest BCUT2D eigenvalue weighted by Crippen LogP contribution is -2.18. The van der Waals surface area contributed by atoms with Crippen LogP contribution < -0.4 is 4.90 Å². The van der Waals surface area contributed by atoms with Gasteiger partial charge in [-0.05, 0) is 129 Å². The zero-order chi connectivity index (χ0) is 36.2. The van der Waals surface area contributed by atoms with Gasteiger partial charge in [0, 0.05) is 38.7 Å². The molecular weight excluding hydrogens is 643 g/mol. The maximum absolute atomic E-state index is 6.26. The van der Waals surface area contributed by atoms with Gasteiger partial charge in [0.1, 0.15) is 11.2 Å². The smallest absolute Gasteiger partial charge is 0.138 e. The van der Waals surface area contributed by atoms with Crippen molar-refractivity contribution < 1.29 is 4.42 Å². The molecule has 7 aromatic carbocycles. The fraction of sp³-hybridized carbons (Fsp3) is 0.176. The quantitative estimate of drug-likeness (QED) is 0.179. The molecule has 0 radical (unpaired) electrons. The molecule has 0 saturated heterocycles. The Morgan fingerprint density at radius 3 is 1.77 bits per heavy atom. The zero-order valence-electron chi connectivity index (χ0n) is 31.3. The molecule has 2 aliphatic rings. The highest BCUT2D eigenvalue weighted by Gasteiger charge is 2.38. The van der Waals surface area contributed by atoms with Crippen LogP contribution in [0.15, 0.2) is 144 Å². The van der Waals surface area contributed by atoms with E-state index in [4.69, 9.17) is 4.42 Å². The third-order valence-electron chi connectivity index (χ3n) is 12.4. The Bertz CT molecular complexity index is 2780. The maximum Gasteiger partial charge on any atom is 0.138 e. The molecule has 2 heteroatoms. The number of anilines is 3. The second-order valence-electron chi connectivity index (χ2n) is 16.1. The molecule has 1 heterocycles. The van der Waals surface area contributed by atoms with Crippen molar-refractivity contribution in [2.75, 3.05) is 4.90 Å². The molecule has 53 heavy (non-hydrogen) atoms. The molecule has 0 aliphatic heterocycles. The van der Waals surface area contributed by atoms with Gasteiger partial charge in [0.2, 0.25) is 0 Å². The average molecular weight is 686 g/mol. The normalized spacial score (nSPS) is 14.6. The Morgan fingerprint density at radius 1 is 0.491 bits per heavy atom. The van der Waals surface area contributed by atoms with Crippen LogP contribution in [-0.2, 0) is 17.3 Å². The first-order valence-electron chi connectivity index (χ1n) is 19.0. The summed E-state index contributed by atoms with van der Waals surface area (Å²) >= 11 is 0. The molecule has 0 unspecified atom stereocenters. The molecule has 2 aliphatic carbocycles. The van der Waals surface area contributed by atoms with E-state index in [1.54, 1.807) is 0 Å². The van der Waals surface area contributed by atoms with E-state index in [0.717, 1.165) is 34.2 Å². The molecule has 0 bridgehead atoms. The number of benzene rings is 7. The highest BCUT2D eigenvalue weighted by atomic mass is 16.3. The van der Waals surface area contributed by atoms with Crippen molar-refractivity contribution >= 4 is 39.0 Å². The first-order valence-corrected chi connectivity index (χ1v) is 19.0. The minimum absolute atomic E-state index is 0.0928. The fourth-order valence-electron chi connectivity index (χ4n) is 9.33. The average Bonchev–Trinajstić information content (AvgIpc) is 3.75. The molecule has 258 valence electrons. The van der Waals surface area contributed by atoms with E-state index in [-0.39, 0.29) is 10.8 Å². The van der Waals surface area contributed by atoms with E-state index in [1.807, 2.05) is 0 Å². The third-order valence-corrected chi connectivity index (χ3v) is 12.4. The van der Waals surface area contributed by atoms with Crippen LogP contribution in [0.25, 0.3) is 55.3 Å². The number of rotatable bonds is 5. The van der Waals surface area contributed by atoms with Crippen LogP contribution in [0.1, 0.15) is 68.0 Å². The van der Waals surface area contributed by atoms with Crippen molar-refractivity contribution in [3.05, 3.63) is 173 Å². The first-order chi connectivity index (χ1) is 25.6. The summed E-state index contributed by atoms with van der Waals surface area (Å²) in [5.74, 6) is 0. The van der Waals surface area contributed by atoms with Gasteiger partial charge < -0.3 is 9.32 Å². The fourth-order valence-corrected chi connectivity index (χ4v) is 9.33. The number of fused-ring (bicyclic) bond motifs is 9. The Kier molecular flexibility index (Phi) is 6.80. The monoisotopic (exact) mass is 685 g/mol. The number of para-hydroxylation sites is 1. The molecular formula is C51H43NO. The summed E-state index contributed by atoms with van der Waals surface area (Å²) in [5.41, 5.74) is 21.0.